The Labute approximate surface area is 135 Å². The molecule has 3 aliphatic rings. The number of rotatable bonds is 3. The predicted octanol–water partition coefficient (Wildman–Crippen LogP) is -0.886. The molecular weight excluding hydrogens is 302 g/mol. The average molecular weight is 327 g/mol. The van der Waals surface area contributed by atoms with Crippen molar-refractivity contribution < 1.29 is 24.6 Å². The van der Waals surface area contributed by atoms with E-state index >= 15 is 0 Å². The molecule has 0 radical (unpaired) electrons. The summed E-state index contributed by atoms with van der Waals surface area (Å²) < 4.78 is 0. The van der Waals surface area contributed by atoms with Crippen molar-refractivity contribution in [2.45, 2.75) is 6.42 Å². The van der Waals surface area contributed by atoms with Crippen molar-refractivity contribution in [2.24, 2.45) is 17.8 Å². The van der Waals surface area contributed by atoms with Crippen LogP contribution in [0, 0.1) is 17.8 Å². The molecule has 1 saturated carbocycles. The second-order valence-electron chi connectivity index (χ2n) is 6.53. The number of carbonyl (C=O) groups excluding carboxylic acids is 1. The van der Waals surface area contributed by atoms with Crippen molar-refractivity contribution in [3.63, 3.8) is 0 Å². The minimum atomic E-state index is -0.692. The zero-order valence-electron chi connectivity index (χ0n) is 13.4. The Morgan fingerprint density at radius 1 is 1.13 bits per heavy atom. The van der Waals surface area contributed by atoms with Gasteiger partial charge in [-0.05, 0) is 38.4 Å². The van der Waals surface area contributed by atoms with E-state index in [2.05, 4.69) is 16.8 Å². The summed E-state index contributed by atoms with van der Waals surface area (Å²) in [5.74, 6) is -0.280. The van der Waals surface area contributed by atoms with E-state index in [1.165, 1.54) is 0 Å². The fourth-order valence-electron chi connectivity index (χ4n) is 3.65. The van der Waals surface area contributed by atoms with E-state index in [0.717, 1.165) is 32.6 Å². The van der Waals surface area contributed by atoms with Crippen LogP contribution in [0.25, 0.3) is 0 Å². The quantitative estimate of drug-likeness (QED) is 0.649. The maximum absolute atomic E-state index is 12.3. The Morgan fingerprint density at radius 2 is 1.74 bits per heavy atom. The van der Waals surface area contributed by atoms with Crippen molar-refractivity contribution in [3.8, 4) is 0 Å². The number of aliphatic carboxylic acids is 1. The molecule has 2 saturated heterocycles. The lowest BCUT2D eigenvalue weighted by atomic mass is 10.2. The normalized spacial score (nSPS) is 30.7. The van der Waals surface area contributed by atoms with Crippen LogP contribution in [0.1, 0.15) is 6.42 Å². The zero-order chi connectivity index (χ0) is 17.0. The molecule has 0 aromatic carbocycles. The SMILES string of the molecule is CN1CCCN(CC(=O)N2C[C@@H]3C(C(=O)O)[C@@H]3C2)CC1.O=CO. The number of amides is 1. The van der Waals surface area contributed by atoms with Gasteiger partial charge in [-0.2, -0.15) is 0 Å². The van der Waals surface area contributed by atoms with E-state index in [9.17, 15) is 9.59 Å². The van der Waals surface area contributed by atoms with E-state index in [1.54, 1.807) is 0 Å². The lowest BCUT2D eigenvalue weighted by Gasteiger charge is -2.24. The van der Waals surface area contributed by atoms with Crippen LogP contribution in [0.15, 0.2) is 0 Å². The smallest absolute Gasteiger partial charge is 0.307 e. The van der Waals surface area contributed by atoms with Gasteiger partial charge in [0.25, 0.3) is 6.47 Å². The number of likely N-dealkylation sites (N-methyl/N-ethyl adjacent to an activating group) is 1. The van der Waals surface area contributed by atoms with E-state index in [4.69, 9.17) is 15.0 Å². The van der Waals surface area contributed by atoms with Gasteiger partial charge in [-0.3, -0.25) is 19.3 Å². The fourth-order valence-corrected chi connectivity index (χ4v) is 3.65. The first-order valence-corrected chi connectivity index (χ1v) is 7.97. The summed E-state index contributed by atoms with van der Waals surface area (Å²) in [6, 6.07) is 0. The van der Waals surface area contributed by atoms with Crippen LogP contribution < -0.4 is 0 Å². The van der Waals surface area contributed by atoms with Gasteiger partial charge in [0.2, 0.25) is 5.91 Å². The molecule has 2 heterocycles. The summed E-state index contributed by atoms with van der Waals surface area (Å²) in [5, 5.41) is 15.9. The van der Waals surface area contributed by atoms with Gasteiger partial charge in [0, 0.05) is 26.2 Å². The number of carboxylic acid groups (broad SMARTS) is 2. The first-order chi connectivity index (χ1) is 11.0. The number of carbonyl (C=O) groups is 3. The molecule has 0 aromatic heterocycles. The van der Waals surface area contributed by atoms with E-state index in [1.807, 2.05) is 4.90 Å². The highest BCUT2D eigenvalue weighted by molar-refractivity contribution is 5.80. The van der Waals surface area contributed by atoms with E-state index < -0.39 is 5.97 Å². The summed E-state index contributed by atoms with van der Waals surface area (Å²) in [6.07, 6.45) is 1.11. The van der Waals surface area contributed by atoms with Gasteiger partial charge < -0.3 is 20.0 Å². The summed E-state index contributed by atoms with van der Waals surface area (Å²) >= 11 is 0. The summed E-state index contributed by atoms with van der Waals surface area (Å²) in [5.41, 5.74) is 0. The molecule has 2 aliphatic heterocycles. The van der Waals surface area contributed by atoms with Crippen LogP contribution in [0.2, 0.25) is 0 Å². The number of piperidine rings is 1. The molecule has 1 amide bonds. The van der Waals surface area contributed by atoms with Gasteiger partial charge in [-0.25, -0.2) is 0 Å². The second-order valence-corrected chi connectivity index (χ2v) is 6.53. The van der Waals surface area contributed by atoms with E-state index in [0.29, 0.717) is 19.6 Å². The lowest BCUT2D eigenvalue weighted by molar-refractivity contribution is -0.141. The van der Waals surface area contributed by atoms with Crippen LogP contribution in [0.5, 0.6) is 0 Å². The predicted molar refractivity (Wildman–Crippen MR) is 81.9 cm³/mol. The maximum Gasteiger partial charge on any atom is 0.307 e. The van der Waals surface area contributed by atoms with Gasteiger partial charge in [-0.15, -0.1) is 0 Å². The number of hydrogen-bond acceptors (Lipinski definition) is 5. The average Bonchev–Trinajstić information content (AvgIpc) is 3.08. The summed E-state index contributed by atoms with van der Waals surface area (Å²) in [4.78, 5) is 37.9. The highest BCUT2D eigenvalue weighted by Gasteiger charge is 2.60. The van der Waals surface area contributed by atoms with Crippen LogP contribution >= 0.6 is 0 Å². The molecule has 3 rings (SSSR count). The van der Waals surface area contributed by atoms with Gasteiger partial charge in [0.1, 0.15) is 0 Å². The maximum atomic E-state index is 12.3. The van der Waals surface area contributed by atoms with Gasteiger partial charge >= 0.3 is 5.97 Å². The summed E-state index contributed by atoms with van der Waals surface area (Å²) in [7, 11) is 2.12. The van der Waals surface area contributed by atoms with Crippen LogP contribution in [-0.4, -0.2) is 96.1 Å². The Balaban J connectivity index is 0.000000595. The van der Waals surface area contributed by atoms with Gasteiger partial charge in [-0.1, -0.05) is 0 Å². The largest absolute Gasteiger partial charge is 0.483 e. The van der Waals surface area contributed by atoms with Crippen LogP contribution in [-0.2, 0) is 14.4 Å². The molecule has 2 N–H and O–H groups in total. The molecule has 8 nitrogen and oxygen atoms in total. The minimum Gasteiger partial charge on any atom is -0.483 e. The molecule has 8 heteroatoms. The van der Waals surface area contributed by atoms with Gasteiger partial charge in [0.15, 0.2) is 0 Å². The molecule has 3 atom stereocenters. The fraction of sp³-hybridized carbons (Fsp3) is 0.800. The molecule has 3 fully saturated rings. The van der Waals surface area contributed by atoms with Gasteiger partial charge in [0.05, 0.1) is 12.5 Å². The molecule has 1 unspecified atom stereocenters. The van der Waals surface area contributed by atoms with Crippen LogP contribution in [0.4, 0.5) is 0 Å². The Kier molecular flexibility index (Phi) is 5.95. The van der Waals surface area contributed by atoms with Crippen LogP contribution in [0.3, 0.4) is 0 Å². The number of nitrogens with zero attached hydrogens (tertiary/aromatic N) is 3. The Morgan fingerprint density at radius 3 is 2.30 bits per heavy atom. The monoisotopic (exact) mass is 327 g/mol. The molecule has 130 valence electrons. The number of hydrogen-bond donors (Lipinski definition) is 2. The zero-order valence-corrected chi connectivity index (χ0v) is 13.4. The van der Waals surface area contributed by atoms with E-state index in [-0.39, 0.29) is 30.1 Å². The molecule has 0 aromatic rings. The Bertz CT molecular complexity index is 446. The van der Waals surface area contributed by atoms with Crippen molar-refractivity contribution in [2.75, 3.05) is 52.9 Å². The number of fused-ring (bicyclic) bond motifs is 1. The third-order valence-electron chi connectivity index (χ3n) is 5.00. The van der Waals surface area contributed by atoms with Crippen molar-refractivity contribution in [1.29, 1.82) is 0 Å². The van der Waals surface area contributed by atoms with Crippen molar-refractivity contribution in [3.05, 3.63) is 0 Å². The van der Waals surface area contributed by atoms with Crippen molar-refractivity contribution >= 4 is 18.3 Å². The molecular formula is C15H25N3O5. The summed E-state index contributed by atoms with van der Waals surface area (Å²) in [6.45, 7) is 5.57. The second kappa shape index (κ2) is 7.74. The molecule has 1 aliphatic carbocycles. The van der Waals surface area contributed by atoms with Crippen molar-refractivity contribution in [1.82, 2.24) is 14.7 Å². The first kappa shape index (κ1) is 17.7. The number of carboxylic acids is 1. The Hall–Kier alpha value is -1.67. The minimum absolute atomic E-state index is 0.172. The topological polar surface area (TPSA) is 101 Å². The highest BCUT2D eigenvalue weighted by atomic mass is 16.4. The third-order valence-corrected chi connectivity index (χ3v) is 5.00. The standard InChI is InChI=1S/C14H23N3O3.CH2O2/c1-15-3-2-4-16(6-5-15)9-12(18)17-7-10-11(8-17)13(10)14(19)20;2-1-3/h10-11,13H,2-9H2,1H3,(H,19,20);1H,(H,2,3)/t10-,11+,13?;. The lowest BCUT2D eigenvalue weighted by Crippen LogP contribution is -2.42. The molecule has 0 spiro atoms. The number of likely N-dealkylation sites (tertiary alicyclic amines) is 1. The molecule has 23 heavy (non-hydrogen) atoms. The molecule has 0 bridgehead atoms. The first-order valence-electron chi connectivity index (χ1n) is 7.97. The third kappa shape index (κ3) is 4.42. The highest BCUT2D eigenvalue weighted by Crippen LogP contribution is 2.51.